The number of unbranched alkanes of at least 4 members (excludes halogenated alkanes) is 1. The van der Waals surface area contributed by atoms with Crippen LogP contribution in [0.5, 0.6) is 0 Å². The van der Waals surface area contributed by atoms with E-state index in [1.54, 1.807) is 0 Å². The van der Waals surface area contributed by atoms with E-state index in [1.807, 2.05) is 0 Å². The summed E-state index contributed by atoms with van der Waals surface area (Å²) in [5.41, 5.74) is 0. The van der Waals surface area contributed by atoms with Crippen LogP contribution in [0.1, 0.15) is 26.2 Å². The van der Waals surface area contributed by atoms with Crippen LogP contribution < -0.4 is 0 Å². The van der Waals surface area contributed by atoms with Crippen LogP contribution in [0.4, 0.5) is 0 Å². The summed E-state index contributed by atoms with van der Waals surface area (Å²) in [6.07, 6.45) is 2.90. The first-order valence-corrected chi connectivity index (χ1v) is 3.02. The van der Waals surface area contributed by atoms with Gasteiger partial charge in [0.15, 0.2) is 0 Å². The van der Waals surface area contributed by atoms with Gasteiger partial charge in [-0.2, -0.15) is 12.8 Å². The zero-order valence-corrected chi connectivity index (χ0v) is 9.11. The van der Waals surface area contributed by atoms with Crippen molar-refractivity contribution in [1.29, 1.82) is 0 Å². The number of hydrogen-bond acceptors (Lipinski definition) is 1. The van der Waals surface area contributed by atoms with Crippen LogP contribution in [0.25, 0.3) is 0 Å². The van der Waals surface area contributed by atoms with Crippen molar-refractivity contribution in [1.82, 2.24) is 0 Å². The molecule has 0 rings (SSSR count). The zero-order valence-electron chi connectivity index (χ0n) is 6.27. The number of aliphatic hydroxyl groups excluding tert-OH is 1. The van der Waals surface area contributed by atoms with Crippen LogP contribution in [-0.4, -0.2) is 11.7 Å². The van der Waals surface area contributed by atoms with Crippen LogP contribution in [0.2, 0.25) is 0 Å². The van der Waals surface area contributed by atoms with Crippen molar-refractivity contribution in [2.75, 3.05) is 6.61 Å². The van der Waals surface area contributed by atoms with Gasteiger partial charge in [0.1, 0.15) is 0 Å². The maximum Gasteiger partial charge on any atom is 0.0159 e. The second kappa shape index (κ2) is 23.0. The third kappa shape index (κ3) is 48.2. The second-order valence-corrected chi connectivity index (χ2v) is 1.43. The van der Waals surface area contributed by atoms with E-state index in [4.69, 9.17) is 5.11 Å². The third-order valence-electron chi connectivity index (χ3n) is 0.512. The minimum atomic E-state index is 0. The summed E-state index contributed by atoms with van der Waals surface area (Å²) in [5, 5.41) is 7.81. The first-order chi connectivity index (χ1) is 3.83. The molecule has 0 bridgehead atoms. The smallest absolute Gasteiger partial charge is 0.0159 e. The van der Waals surface area contributed by atoms with Gasteiger partial charge in [-0.15, -0.1) is 0 Å². The first-order valence-electron chi connectivity index (χ1n) is 3.02. The summed E-state index contributed by atoms with van der Waals surface area (Å²) >= 11 is 0. The number of rotatable bonds is 2. The second-order valence-electron chi connectivity index (χ2n) is 1.43. The topological polar surface area (TPSA) is 20.2 Å². The molecular weight excluding hydrogens is 189 g/mol. The fraction of sp³-hybridized carbons (Fsp3) is 0.714. The summed E-state index contributed by atoms with van der Waals surface area (Å²) in [7, 11) is 0. The summed E-state index contributed by atoms with van der Waals surface area (Å²) < 4.78 is 0. The van der Waals surface area contributed by atoms with E-state index >= 15 is 0 Å². The molecule has 0 amide bonds. The Kier molecular flexibility index (Phi) is 42.3. The molecule has 0 atom stereocenters. The van der Waals surface area contributed by atoms with E-state index in [9.17, 15) is 0 Å². The van der Waals surface area contributed by atoms with Gasteiger partial charge in [0.25, 0.3) is 0 Å². The molecule has 0 aromatic heterocycles. The molecule has 1 radical (unpaired) electrons. The normalized spacial score (nSPS) is 6.67. The summed E-state index contributed by atoms with van der Waals surface area (Å²) in [6.45, 7) is 9.28. The quantitative estimate of drug-likeness (QED) is 0.681. The van der Waals surface area contributed by atoms with Crippen LogP contribution in [-0.2, 0) is 32.7 Å². The molecule has 0 saturated heterocycles. The fourth-order valence-electron chi connectivity index (χ4n) is 0. The maximum absolute atomic E-state index is 7.81. The van der Waals surface area contributed by atoms with Crippen molar-refractivity contribution < 1.29 is 37.8 Å². The molecular formula is C7H16OY-2. The predicted octanol–water partition coefficient (Wildman–Crippen LogP) is 1.82. The summed E-state index contributed by atoms with van der Waals surface area (Å²) in [6, 6.07) is 0. The number of aliphatic hydroxyl groups is 1. The largest absolute Gasteiger partial charge is 0.399 e. The molecule has 0 aromatic rings. The van der Waals surface area contributed by atoms with Crippen LogP contribution in [0.3, 0.4) is 0 Å². The van der Waals surface area contributed by atoms with Crippen molar-refractivity contribution in [2.24, 2.45) is 0 Å². The Morgan fingerprint density at radius 3 is 1.44 bits per heavy atom. The molecule has 1 N–H and O–H groups in total. The predicted molar refractivity (Wildman–Crippen MR) is 37.3 cm³/mol. The standard InChI is InChI=1S/C4H9.C3H7O.Y/c1-3-4-2;1-2-3-4;/h1,3-4H2,2H3;4H,1-3H2;/q2*-1;. The Hall–Kier alpha value is 1.06. The molecule has 0 aliphatic rings. The molecule has 2 heteroatoms. The fourth-order valence-corrected chi connectivity index (χ4v) is 0. The van der Waals surface area contributed by atoms with Crippen molar-refractivity contribution in [2.45, 2.75) is 26.2 Å². The number of hydrogen-bond donors (Lipinski definition) is 1. The van der Waals surface area contributed by atoms with Gasteiger partial charge in [-0.25, -0.2) is 0 Å². The van der Waals surface area contributed by atoms with Gasteiger partial charge in [0.05, 0.1) is 0 Å². The Balaban J connectivity index is -0.0000000720. The zero-order chi connectivity index (χ0) is 6.83. The molecule has 0 saturated carbocycles. The van der Waals surface area contributed by atoms with Gasteiger partial charge < -0.3 is 19.0 Å². The minimum Gasteiger partial charge on any atom is -0.399 e. The van der Waals surface area contributed by atoms with Crippen molar-refractivity contribution in [3.8, 4) is 0 Å². The first kappa shape index (κ1) is 16.6. The van der Waals surface area contributed by atoms with Gasteiger partial charge >= 0.3 is 0 Å². The Bertz CT molecular complexity index is 16.9. The SMILES string of the molecule is [CH2-]CCC.[CH2-]CCO.[Y]. The monoisotopic (exact) mass is 205 g/mol. The molecule has 55 valence electrons. The van der Waals surface area contributed by atoms with E-state index < -0.39 is 0 Å². The molecule has 0 fully saturated rings. The Morgan fingerprint density at radius 2 is 1.44 bits per heavy atom. The molecule has 0 aromatic carbocycles. The average Bonchev–Trinajstić information content (AvgIpc) is 1.88. The molecule has 0 aliphatic carbocycles. The van der Waals surface area contributed by atoms with Crippen LogP contribution in [0.15, 0.2) is 0 Å². The average molecular weight is 205 g/mol. The van der Waals surface area contributed by atoms with Crippen molar-refractivity contribution >= 4 is 0 Å². The van der Waals surface area contributed by atoms with Gasteiger partial charge in [-0.3, -0.25) is 0 Å². The third-order valence-corrected chi connectivity index (χ3v) is 0.512. The summed E-state index contributed by atoms with van der Waals surface area (Å²) in [5.74, 6) is 0. The Morgan fingerprint density at radius 1 is 1.22 bits per heavy atom. The van der Waals surface area contributed by atoms with E-state index in [-0.39, 0.29) is 39.3 Å². The van der Waals surface area contributed by atoms with Crippen LogP contribution >= 0.6 is 0 Å². The van der Waals surface area contributed by atoms with Crippen molar-refractivity contribution in [3.63, 3.8) is 0 Å². The van der Waals surface area contributed by atoms with E-state index in [2.05, 4.69) is 20.8 Å². The molecule has 0 aliphatic heterocycles. The van der Waals surface area contributed by atoms with E-state index in [0.29, 0.717) is 6.42 Å². The summed E-state index contributed by atoms with van der Waals surface area (Å²) in [4.78, 5) is 0. The molecule has 0 heterocycles. The van der Waals surface area contributed by atoms with E-state index in [0.717, 1.165) is 6.42 Å². The van der Waals surface area contributed by atoms with Crippen molar-refractivity contribution in [3.05, 3.63) is 13.8 Å². The van der Waals surface area contributed by atoms with Crippen LogP contribution in [0, 0.1) is 13.8 Å². The van der Waals surface area contributed by atoms with Gasteiger partial charge in [-0.1, -0.05) is 13.3 Å². The van der Waals surface area contributed by atoms with Gasteiger partial charge in [0, 0.05) is 39.3 Å². The molecule has 0 unspecified atom stereocenters. The van der Waals surface area contributed by atoms with E-state index in [1.165, 1.54) is 6.42 Å². The molecule has 1 nitrogen and oxygen atoms in total. The molecule has 9 heavy (non-hydrogen) atoms. The van der Waals surface area contributed by atoms with Gasteiger partial charge in [-0.05, 0) is 0 Å². The maximum atomic E-state index is 7.81. The minimum absolute atomic E-state index is 0. The molecule has 0 spiro atoms. The Labute approximate surface area is 84.1 Å². The van der Waals surface area contributed by atoms with Gasteiger partial charge in [0.2, 0.25) is 0 Å².